The second kappa shape index (κ2) is 11.9. The number of halogens is 1. The number of hydrogen-bond donors (Lipinski definition) is 0. The van der Waals surface area contributed by atoms with Gasteiger partial charge in [0.15, 0.2) is 0 Å². The number of ether oxygens (including phenoxy) is 3. The molecule has 0 unspecified atom stereocenters. The van der Waals surface area contributed by atoms with E-state index in [0.29, 0.717) is 49.4 Å². The maximum Gasteiger partial charge on any atom is 0.410 e. The summed E-state index contributed by atoms with van der Waals surface area (Å²) in [4.78, 5) is 34.5. The molecule has 0 aliphatic carbocycles. The fourth-order valence-corrected chi connectivity index (χ4v) is 4.41. The van der Waals surface area contributed by atoms with Crippen molar-refractivity contribution in [3.05, 3.63) is 35.8 Å². The van der Waals surface area contributed by atoms with Gasteiger partial charge in [-0.05, 0) is 65.7 Å². The van der Waals surface area contributed by atoms with Crippen LogP contribution in [0.1, 0.15) is 64.4 Å². The Labute approximate surface area is 212 Å². The van der Waals surface area contributed by atoms with Crippen LogP contribution in [0.25, 0.3) is 10.9 Å². The summed E-state index contributed by atoms with van der Waals surface area (Å²) in [6.07, 6.45) is 1.81. The van der Waals surface area contributed by atoms with Gasteiger partial charge in [0.25, 0.3) is 5.91 Å². The van der Waals surface area contributed by atoms with Crippen molar-refractivity contribution in [1.29, 1.82) is 0 Å². The molecule has 1 aliphatic rings. The van der Waals surface area contributed by atoms with E-state index in [1.807, 2.05) is 34.6 Å². The van der Waals surface area contributed by atoms with E-state index in [0.717, 1.165) is 12.8 Å². The van der Waals surface area contributed by atoms with Crippen LogP contribution in [0, 0.1) is 5.82 Å². The van der Waals surface area contributed by atoms with Crippen LogP contribution in [0.3, 0.4) is 0 Å². The summed E-state index contributed by atoms with van der Waals surface area (Å²) in [6, 6.07) is 5.50. The molecule has 2 aromatic rings. The first-order valence-electron chi connectivity index (χ1n) is 12.5. The molecule has 3 rings (SSSR count). The van der Waals surface area contributed by atoms with E-state index >= 15 is 0 Å². The van der Waals surface area contributed by atoms with Crippen molar-refractivity contribution < 1.29 is 28.2 Å². The SMILES string of the molecule is COCCCOc1cc(C(=O)N(C(C)C)[C@@H]2CCCN(C(=O)OC(C)(C)C)C2)nc2ccc(F)cc12. The lowest BCUT2D eigenvalue weighted by molar-refractivity contribution is 0.00742. The molecule has 8 nitrogen and oxygen atoms in total. The summed E-state index contributed by atoms with van der Waals surface area (Å²) < 4.78 is 30.5. The molecule has 0 bridgehead atoms. The van der Waals surface area contributed by atoms with Gasteiger partial charge in [0.1, 0.15) is 22.9 Å². The van der Waals surface area contributed by atoms with E-state index in [4.69, 9.17) is 14.2 Å². The monoisotopic (exact) mass is 503 g/mol. The van der Waals surface area contributed by atoms with Crippen LogP contribution in [-0.4, -0.2) is 77.9 Å². The van der Waals surface area contributed by atoms with Gasteiger partial charge in [0, 0.05) is 50.7 Å². The summed E-state index contributed by atoms with van der Waals surface area (Å²) in [5, 5.41) is 0.508. The number of hydrogen-bond acceptors (Lipinski definition) is 6. The fourth-order valence-electron chi connectivity index (χ4n) is 4.41. The van der Waals surface area contributed by atoms with E-state index < -0.39 is 11.4 Å². The van der Waals surface area contributed by atoms with Crippen LogP contribution < -0.4 is 4.74 Å². The predicted molar refractivity (Wildman–Crippen MR) is 136 cm³/mol. The Bertz CT molecular complexity index is 1070. The van der Waals surface area contributed by atoms with Crippen molar-refractivity contribution in [3.63, 3.8) is 0 Å². The van der Waals surface area contributed by atoms with E-state index in [1.165, 1.54) is 12.1 Å². The third kappa shape index (κ3) is 7.06. The van der Waals surface area contributed by atoms with Crippen molar-refractivity contribution in [2.24, 2.45) is 0 Å². The van der Waals surface area contributed by atoms with Crippen molar-refractivity contribution in [3.8, 4) is 5.75 Å². The number of pyridine rings is 1. The quantitative estimate of drug-likeness (QED) is 0.470. The first kappa shape index (κ1) is 27.6. The molecule has 1 aromatic carbocycles. The van der Waals surface area contributed by atoms with Crippen molar-refractivity contribution in [1.82, 2.24) is 14.8 Å². The van der Waals surface area contributed by atoms with Crippen LogP contribution in [-0.2, 0) is 9.47 Å². The van der Waals surface area contributed by atoms with Gasteiger partial charge in [-0.1, -0.05) is 0 Å². The van der Waals surface area contributed by atoms with E-state index in [1.54, 1.807) is 29.0 Å². The molecule has 2 heterocycles. The highest BCUT2D eigenvalue weighted by atomic mass is 19.1. The molecule has 36 heavy (non-hydrogen) atoms. The summed E-state index contributed by atoms with van der Waals surface area (Å²) in [6.45, 7) is 11.3. The van der Waals surface area contributed by atoms with Gasteiger partial charge in [-0.25, -0.2) is 14.2 Å². The predicted octanol–water partition coefficient (Wildman–Crippen LogP) is 5.04. The second-order valence-corrected chi connectivity index (χ2v) is 10.4. The van der Waals surface area contributed by atoms with Crippen molar-refractivity contribution >= 4 is 22.9 Å². The Morgan fingerprint density at radius 2 is 1.97 bits per heavy atom. The lowest BCUT2D eigenvalue weighted by Gasteiger charge is -2.41. The fraction of sp³-hybridized carbons (Fsp3) is 0.593. The van der Waals surface area contributed by atoms with Gasteiger partial charge < -0.3 is 24.0 Å². The highest BCUT2D eigenvalue weighted by Gasteiger charge is 2.35. The maximum absolute atomic E-state index is 14.0. The summed E-state index contributed by atoms with van der Waals surface area (Å²) >= 11 is 0. The topological polar surface area (TPSA) is 81.2 Å². The molecule has 1 fully saturated rings. The Morgan fingerprint density at radius 3 is 2.64 bits per heavy atom. The van der Waals surface area contributed by atoms with Gasteiger partial charge in [-0.15, -0.1) is 0 Å². The lowest BCUT2D eigenvalue weighted by atomic mass is 10.0. The van der Waals surface area contributed by atoms with Crippen LogP contribution in [0.15, 0.2) is 24.3 Å². The number of rotatable bonds is 8. The molecule has 0 radical (unpaired) electrons. The van der Waals surface area contributed by atoms with Gasteiger partial charge >= 0.3 is 6.09 Å². The molecule has 9 heteroatoms. The summed E-state index contributed by atoms with van der Waals surface area (Å²) in [5.41, 5.74) is 0.108. The Kier molecular flexibility index (Phi) is 9.11. The molecule has 1 aromatic heterocycles. The molecule has 198 valence electrons. The number of fused-ring (bicyclic) bond motifs is 1. The zero-order valence-corrected chi connectivity index (χ0v) is 22.2. The third-order valence-corrected chi connectivity index (χ3v) is 5.93. The number of likely N-dealkylation sites (tertiary alicyclic amines) is 1. The molecule has 1 atom stereocenters. The third-order valence-electron chi connectivity index (χ3n) is 5.93. The number of amides is 2. The van der Waals surface area contributed by atoms with E-state index in [2.05, 4.69) is 4.98 Å². The van der Waals surface area contributed by atoms with Crippen LogP contribution in [0.4, 0.5) is 9.18 Å². The minimum Gasteiger partial charge on any atom is -0.493 e. The smallest absolute Gasteiger partial charge is 0.410 e. The number of nitrogens with zero attached hydrogens (tertiary/aromatic N) is 3. The average molecular weight is 504 g/mol. The van der Waals surface area contributed by atoms with Crippen LogP contribution >= 0.6 is 0 Å². The number of aromatic nitrogens is 1. The molecular formula is C27H38FN3O5. The number of carbonyl (C=O) groups excluding carboxylic acids is 2. The van der Waals surface area contributed by atoms with Gasteiger partial charge in [-0.3, -0.25) is 4.79 Å². The highest BCUT2D eigenvalue weighted by Crippen LogP contribution is 2.29. The molecule has 1 aliphatic heterocycles. The second-order valence-electron chi connectivity index (χ2n) is 10.4. The maximum atomic E-state index is 14.0. The minimum absolute atomic E-state index is 0.127. The number of carbonyl (C=O) groups is 2. The first-order chi connectivity index (χ1) is 17.0. The molecule has 0 N–H and O–H groups in total. The lowest BCUT2D eigenvalue weighted by Crippen LogP contribution is -2.54. The van der Waals surface area contributed by atoms with Crippen molar-refractivity contribution in [2.75, 3.05) is 33.4 Å². The Morgan fingerprint density at radius 1 is 1.22 bits per heavy atom. The summed E-state index contributed by atoms with van der Waals surface area (Å²) in [5.74, 6) is -0.256. The zero-order chi connectivity index (χ0) is 26.5. The first-order valence-corrected chi connectivity index (χ1v) is 12.5. The molecule has 1 saturated heterocycles. The number of benzene rings is 1. The van der Waals surface area contributed by atoms with Crippen molar-refractivity contribution in [2.45, 2.75) is 71.6 Å². The van der Waals surface area contributed by atoms with Gasteiger partial charge in [0.2, 0.25) is 0 Å². The Balaban J connectivity index is 1.88. The van der Waals surface area contributed by atoms with Crippen LogP contribution in [0.2, 0.25) is 0 Å². The zero-order valence-electron chi connectivity index (χ0n) is 22.2. The molecule has 0 saturated carbocycles. The van der Waals surface area contributed by atoms with Gasteiger partial charge in [0.05, 0.1) is 18.2 Å². The molecule has 0 spiro atoms. The average Bonchev–Trinajstić information content (AvgIpc) is 2.80. The standard InChI is InChI=1S/C27H38FN3O5/c1-18(2)31(20-9-7-12-30(17-20)26(33)36-27(3,4)5)25(32)23-16-24(35-14-8-13-34-6)21-15-19(28)10-11-22(21)29-23/h10-11,15-16,18,20H,7-9,12-14,17H2,1-6H3/t20-/m1/s1. The Hall–Kier alpha value is -2.94. The summed E-state index contributed by atoms with van der Waals surface area (Å²) in [7, 11) is 1.61. The van der Waals surface area contributed by atoms with E-state index in [-0.39, 0.29) is 29.8 Å². The largest absolute Gasteiger partial charge is 0.493 e. The van der Waals surface area contributed by atoms with Gasteiger partial charge in [-0.2, -0.15) is 0 Å². The van der Waals surface area contributed by atoms with E-state index in [9.17, 15) is 14.0 Å². The highest BCUT2D eigenvalue weighted by molar-refractivity contribution is 5.97. The van der Waals surface area contributed by atoms with Crippen LogP contribution in [0.5, 0.6) is 5.75 Å². The number of piperidine rings is 1. The molecular weight excluding hydrogens is 465 g/mol. The molecule has 2 amide bonds. The number of methoxy groups -OCH3 is 1. The minimum atomic E-state index is -0.592. The normalized spacial score (nSPS) is 16.3.